The minimum absolute atomic E-state index is 1.15. The molecule has 11 rings (SSSR count). The molecule has 0 bridgehead atoms. The van der Waals surface area contributed by atoms with Crippen molar-refractivity contribution in [3.8, 4) is 22.3 Å². The van der Waals surface area contributed by atoms with E-state index in [1.165, 1.54) is 97.3 Å². The van der Waals surface area contributed by atoms with Crippen LogP contribution in [0.2, 0.25) is 0 Å². The molecule has 0 unspecified atom stereocenters. The molecule has 0 spiro atoms. The summed E-state index contributed by atoms with van der Waals surface area (Å²) in [7, 11) is 0. The van der Waals surface area contributed by atoms with E-state index in [1.807, 2.05) is 11.8 Å². The summed E-state index contributed by atoms with van der Waals surface area (Å²) < 4.78 is 0. The van der Waals surface area contributed by atoms with Crippen molar-refractivity contribution in [3.05, 3.63) is 188 Å². The summed E-state index contributed by atoms with van der Waals surface area (Å²) in [5, 5.41) is 12.8. The number of benzene rings is 10. The van der Waals surface area contributed by atoms with Gasteiger partial charge < -0.3 is 4.90 Å². The van der Waals surface area contributed by atoms with E-state index in [1.54, 1.807) is 0 Å². The summed E-state index contributed by atoms with van der Waals surface area (Å²) in [6.45, 7) is 0. The van der Waals surface area contributed by atoms with Gasteiger partial charge in [-0.25, -0.2) is 0 Å². The first kappa shape index (κ1) is 29.4. The Balaban J connectivity index is 1.22. The fraction of sp³-hybridized carbons (Fsp3) is 0. The van der Waals surface area contributed by atoms with Crippen molar-refractivity contribution in [2.75, 3.05) is 4.90 Å². The minimum Gasteiger partial charge on any atom is -0.308 e. The van der Waals surface area contributed by atoms with Gasteiger partial charge in [-0.05, 0) is 131 Å². The maximum atomic E-state index is 2.46. The molecular weight excluding hydrogens is 647 g/mol. The summed E-state index contributed by atoms with van der Waals surface area (Å²) in [5.74, 6) is 0. The molecule has 0 aliphatic carbocycles. The topological polar surface area (TPSA) is 3.24 Å². The molecular formula is C50H31NS. The lowest BCUT2D eigenvalue weighted by Gasteiger charge is -2.33. The fourth-order valence-electron chi connectivity index (χ4n) is 8.43. The molecule has 0 fully saturated rings. The van der Waals surface area contributed by atoms with Crippen molar-refractivity contribution in [2.24, 2.45) is 0 Å². The Morgan fingerprint density at radius 3 is 1.44 bits per heavy atom. The average molecular weight is 678 g/mol. The van der Waals surface area contributed by atoms with E-state index in [4.69, 9.17) is 0 Å². The lowest BCUT2D eigenvalue weighted by Crippen LogP contribution is -2.14. The van der Waals surface area contributed by atoms with Gasteiger partial charge in [-0.15, -0.1) is 0 Å². The van der Waals surface area contributed by atoms with Crippen LogP contribution in [0, 0.1) is 0 Å². The molecule has 0 radical (unpaired) electrons. The standard InChI is InChI=1S/C50H31NS/c1-2-14-37-33(13-1)31-45(42-19-7-3-15-38(37)42)35-27-34(28-36(29-35)51-47-21-9-11-23-49(47)52-50-24-12-10-22-48(50)51)32-25-26-44-41-18-5-4-16-39(41)40-17-6-8-20-43(40)46(44)30-32/h1-31H. The van der Waals surface area contributed by atoms with Crippen LogP contribution >= 0.6 is 11.8 Å². The Bertz CT molecular complexity index is 2990. The van der Waals surface area contributed by atoms with Crippen LogP contribution in [-0.4, -0.2) is 0 Å². The Hall–Kier alpha value is -6.35. The highest BCUT2D eigenvalue weighted by Gasteiger charge is 2.25. The lowest BCUT2D eigenvalue weighted by atomic mass is 9.89. The Kier molecular flexibility index (Phi) is 6.55. The molecule has 1 nitrogen and oxygen atoms in total. The van der Waals surface area contributed by atoms with Crippen molar-refractivity contribution < 1.29 is 0 Å². The van der Waals surface area contributed by atoms with Gasteiger partial charge in [-0.1, -0.05) is 145 Å². The number of hydrogen-bond donors (Lipinski definition) is 0. The van der Waals surface area contributed by atoms with Gasteiger partial charge in [0.05, 0.1) is 11.4 Å². The summed E-state index contributed by atoms with van der Waals surface area (Å²) >= 11 is 1.85. The van der Waals surface area contributed by atoms with Crippen LogP contribution in [0.5, 0.6) is 0 Å². The molecule has 0 atom stereocenters. The zero-order valence-corrected chi connectivity index (χ0v) is 29.1. The maximum absolute atomic E-state index is 2.46. The first-order valence-electron chi connectivity index (χ1n) is 17.8. The molecule has 0 N–H and O–H groups in total. The predicted octanol–water partition coefficient (Wildman–Crippen LogP) is 14.7. The predicted molar refractivity (Wildman–Crippen MR) is 224 cm³/mol. The Labute approximate surface area is 306 Å². The largest absolute Gasteiger partial charge is 0.308 e. The van der Waals surface area contributed by atoms with Crippen molar-refractivity contribution in [3.63, 3.8) is 0 Å². The molecule has 1 aliphatic rings. The Morgan fingerprint density at radius 2 is 0.788 bits per heavy atom. The molecule has 1 aliphatic heterocycles. The van der Waals surface area contributed by atoms with E-state index in [0.717, 1.165) is 5.69 Å². The maximum Gasteiger partial charge on any atom is 0.0601 e. The fourth-order valence-corrected chi connectivity index (χ4v) is 9.48. The van der Waals surface area contributed by atoms with Crippen molar-refractivity contribution in [1.29, 1.82) is 0 Å². The molecule has 242 valence electrons. The summed E-state index contributed by atoms with van der Waals surface area (Å²) in [5.41, 5.74) is 8.38. The van der Waals surface area contributed by atoms with E-state index in [-0.39, 0.29) is 0 Å². The number of nitrogens with zero attached hydrogens (tertiary/aromatic N) is 1. The molecule has 52 heavy (non-hydrogen) atoms. The highest BCUT2D eigenvalue weighted by atomic mass is 32.2. The SMILES string of the molecule is c1ccc2c(c1)Sc1ccccc1N2c1cc(-c2ccc3c4ccccc4c4ccccc4c3c2)cc(-c2cc3ccccc3c3ccccc23)c1. The molecule has 10 aromatic rings. The average Bonchev–Trinajstić information content (AvgIpc) is 3.22. The van der Waals surface area contributed by atoms with Crippen LogP contribution in [-0.2, 0) is 0 Å². The third kappa shape index (κ3) is 4.51. The quantitative estimate of drug-likeness (QED) is 0.171. The molecule has 10 aromatic carbocycles. The monoisotopic (exact) mass is 677 g/mol. The second-order valence-electron chi connectivity index (χ2n) is 13.7. The number of fused-ring (bicyclic) bond motifs is 11. The number of hydrogen-bond acceptors (Lipinski definition) is 2. The third-order valence-electron chi connectivity index (χ3n) is 10.8. The summed E-state index contributed by atoms with van der Waals surface area (Å²) in [6, 6.07) is 69.5. The van der Waals surface area contributed by atoms with Gasteiger partial charge in [0.15, 0.2) is 0 Å². The van der Waals surface area contributed by atoms with Crippen LogP contribution in [0.3, 0.4) is 0 Å². The zero-order chi connectivity index (χ0) is 34.2. The van der Waals surface area contributed by atoms with Crippen molar-refractivity contribution in [2.45, 2.75) is 9.79 Å². The molecule has 2 heteroatoms. The first-order valence-corrected chi connectivity index (χ1v) is 18.7. The smallest absolute Gasteiger partial charge is 0.0601 e. The molecule has 0 saturated heterocycles. The highest BCUT2D eigenvalue weighted by Crippen LogP contribution is 2.52. The van der Waals surface area contributed by atoms with Gasteiger partial charge in [0.1, 0.15) is 0 Å². The zero-order valence-electron chi connectivity index (χ0n) is 28.3. The number of para-hydroxylation sites is 2. The first-order chi connectivity index (χ1) is 25.8. The molecule has 1 heterocycles. The highest BCUT2D eigenvalue weighted by molar-refractivity contribution is 7.99. The van der Waals surface area contributed by atoms with Gasteiger partial charge in [0, 0.05) is 15.5 Å². The second-order valence-corrected chi connectivity index (χ2v) is 14.8. The van der Waals surface area contributed by atoms with E-state index in [9.17, 15) is 0 Å². The third-order valence-corrected chi connectivity index (χ3v) is 11.9. The van der Waals surface area contributed by atoms with Crippen LogP contribution < -0.4 is 4.90 Å². The van der Waals surface area contributed by atoms with Crippen molar-refractivity contribution >= 4 is 82.7 Å². The van der Waals surface area contributed by atoms with Gasteiger partial charge in [-0.2, -0.15) is 0 Å². The second kappa shape index (κ2) is 11.6. The van der Waals surface area contributed by atoms with Gasteiger partial charge in [0.2, 0.25) is 0 Å². The van der Waals surface area contributed by atoms with Gasteiger partial charge in [-0.3, -0.25) is 0 Å². The molecule has 0 aromatic heterocycles. The van der Waals surface area contributed by atoms with E-state index in [2.05, 4.69) is 193 Å². The lowest BCUT2D eigenvalue weighted by molar-refractivity contribution is 1.17. The number of anilines is 3. The van der Waals surface area contributed by atoms with Crippen LogP contribution in [0.15, 0.2) is 198 Å². The van der Waals surface area contributed by atoms with Crippen LogP contribution in [0.4, 0.5) is 17.1 Å². The van der Waals surface area contributed by atoms with E-state index in [0.29, 0.717) is 0 Å². The number of rotatable bonds is 3. The molecule has 0 saturated carbocycles. The summed E-state index contributed by atoms with van der Waals surface area (Å²) in [6.07, 6.45) is 0. The normalized spacial score (nSPS) is 12.5. The molecule has 0 amide bonds. The van der Waals surface area contributed by atoms with E-state index >= 15 is 0 Å². The van der Waals surface area contributed by atoms with E-state index < -0.39 is 0 Å². The van der Waals surface area contributed by atoms with Crippen LogP contribution in [0.1, 0.15) is 0 Å². The minimum atomic E-state index is 1.15. The van der Waals surface area contributed by atoms with Gasteiger partial charge in [0.25, 0.3) is 0 Å². The van der Waals surface area contributed by atoms with Gasteiger partial charge >= 0.3 is 0 Å². The van der Waals surface area contributed by atoms with Crippen LogP contribution in [0.25, 0.3) is 76.1 Å². The summed E-state index contributed by atoms with van der Waals surface area (Å²) in [4.78, 5) is 4.98. The van der Waals surface area contributed by atoms with Crippen molar-refractivity contribution in [1.82, 2.24) is 0 Å². The Morgan fingerprint density at radius 1 is 0.308 bits per heavy atom.